The van der Waals surface area contributed by atoms with Gasteiger partial charge in [0.1, 0.15) is 0 Å². The van der Waals surface area contributed by atoms with E-state index in [1.54, 1.807) is 12.1 Å². The first-order chi connectivity index (χ1) is 12.1. The zero-order valence-corrected chi connectivity index (χ0v) is 13.7. The number of hydrogen-bond acceptors (Lipinski definition) is 4. The van der Waals surface area contributed by atoms with Crippen molar-refractivity contribution in [3.05, 3.63) is 69.8 Å². The van der Waals surface area contributed by atoms with E-state index in [-0.39, 0.29) is 28.6 Å². The van der Waals surface area contributed by atoms with E-state index in [1.165, 1.54) is 6.07 Å². The predicted molar refractivity (Wildman–Crippen MR) is 94.2 cm³/mol. The van der Waals surface area contributed by atoms with Gasteiger partial charge in [-0.1, -0.05) is 30.3 Å². The lowest BCUT2D eigenvalue weighted by Crippen LogP contribution is -2.35. The number of rotatable bonds is 3. The summed E-state index contributed by atoms with van der Waals surface area (Å²) in [4.78, 5) is 25.0. The van der Waals surface area contributed by atoms with Crippen molar-refractivity contribution < 1.29 is 9.72 Å². The number of benzene rings is 2. The molecule has 1 N–H and O–H groups in total. The molecule has 2 aromatic carbocycles. The quantitative estimate of drug-likeness (QED) is 0.682. The van der Waals surface area contributed by atoms with Gasteiger partial charge in [-0.3, -0.25) is 14.9 Å². The summed E-state index contributed by atoms with van der Waals surface area (Å²) in [7, 11) is 0. The normalized spacial score (nSPS) is 22.4. The van der Waals surface area contributed by atoms with Crippen molar-refractivity contribution in [1.29, 1.82) is 0 Å². The molecular weight excluding hydrogens is 318 g/mol. The van der Waals surface area contributed by atoms with E-state index < -0.39 is 0 Å². The predicted octanol–water partition coefficient (Wildman–Crippen LogP) is 3.82. The number of non-ortho nitro benzene ring substituents is 1. The fourth-order valence-corrected chi connectivity index (χ4v) is 3.88. The lowest BCUT2D eigenvalue weighted by molar-refractivity contribution is -0.384. The fourth-order valence-electron chi connectivity index (χ4n) is 3.88. The maximum Gasteiger partial charge on any atom is 0.269 e. The van der Waals surface area contributed by atoms with Gasteiger partial charge in [0, 0.05) is 30.8 Å². The smallest absolute Gasteiger partial charge is 0.269 e. The van der Waals surface area contributed by atoms with Crippen molar-refractivity contribution in [2.45, 2.75) is 31.3 Å². The van der Waals surface area contributed by atoms with Crippen LogP contribution >= 0.6 is 0 Å². The van der Waals surface area contributed by atoms with Crippen LogP contribution in [0.25, 0.3) is 0 Å². The molecule has 0 aromatic heterocycles. The summed E-state index contributed by atoms with van der Waals surface area (Å²) in [6, 6.07) is 14.7. The van der Waals surface area contributed by atoms with Crippen LogP contribution in [0.3, 0.4) is 0 Å². The van der Waals surface area contributed by atoms with E-state index in [0.717, 1.165) is 29.8 Å². The number of nitro benzene ring substituents is 1. The number of amides is 1. The van der Waals surface area contributed by atoms with Crippen LogP contribution < -0.4 is 5.32 Å². The van der Waals surface area contributed by atoms with Gasteiger partial charge in [-0.05, 0) is 30.0 Å². The third-order valence-electron chi connectivity index (χ3n) is 5.08. The van der Waals surface area contributed by atoms with Gasteiger partial charge in [-0.25, -0.2) is 0 Å². The molecule has 0 saturated carbocycles. The minimum absolute atomic E-state index is 0.0108. The first kappa shape index (κ1) is 15.6. The van der Waals surface area contributed by atoms with E-state index in [4.69, 9.17) is 0 Å². The molecule has 4 rings (SSSR count). The van der Waals surface area contributed by atoms with Crippen LogP contribution in [0.5, 0.6) is 0 Å². The van der Waals surface area contributed by atoms with Crippen LogP contribution in [0.4, 0.5) is 11.4 Å². The summed E-state index contributed by atoms with van der Waals surface area (Å²) < 4.78 is 0. The molecular formula is C19H19N3O3. The molecule has 0 spiro atoms. The second-order valence-corrected chi connectivity index (χ2v) is 6.58. The highest BCUT2D eigenvalue weighted by atomic mass is 16.6. The number of nitrogens with one attached hydrogen (secondary N) is 1. The molecule has 2 heterocycles. The van der Waals surface area contributed by atoms with Crippen LogP contribution in [-0.4, -0.2) is 22.3 Å². The molecule has 1 amide bonds. The second kappa shape index (κ2) is 6.20. The number of carbonyl (C=O) groups is 1. The Kier molecular flexibility index (Phi) is 3.87. The molecule has 2 atom stereocenters. The molecule has 1 fully saturated rings. The average Bonchev–Trinajstić information content (AvgIpc) is 3.06. The minimum Gasteiger partial charge on any atom is -0.378 e. The monoisotopic (exact) mass is 337 g/mol. The zero-order valence-electron chi connectivity index (χ0n) is 13.7. The van der Waals surface area contributed by atoms with Gasteiger partial charge in [0.05, 0.1) is 17.0 Å². The van der Waals surface area contributed by atoms with Crippen molar-refractivity contribution in [2.24, 2.45) is 0 Å². The summed E-state index contributed by atoms with van der Waals surface area (Å²) in [5.41, 5.74) is 3.08. The lowest BCUT2D eigenvalue weighted by atomic mass is 9.88. The van der Waals surface area contributed by atoms with Gasteiger partial charge >= 0.3 is 0 Å². The van der Waals surface area contributed by atoms with E-state index >= 15 is 0 Å². The second-order valence-electron chi connectivity index (χ2n) is 6.58. The molecule has 25 heavy (non-hydrogen) atoms. The molecule has 0 unspecified atom stereocenters. The Bertz CT molecular complexity index is 836. The molecule has 2 aliphatic rings. The summed E-state index contributed by atoms with van der Waals surface area (Å²) in [6.07, 6.45) is 2.21. The maximum absolute atomic E-state index is 12.3. The number of nitrogens with zero attached hydrogens (tertiary/aromatic N) is 2. The third kappa shape index (κ3) is 2.84. The first-order valence-electron chi connectivity index (χ1n) is 8.53. The number of carbonyl (C=O) groups excluding carboxylic acids is 1. The Morgan fingerprint density at radius 1 is 1.16 bits per heavy atom. The zero-order chi connectivity index (χ0) is 17.4. The topological polar surface area (TPSA) is 75.5 Å². The molecule has 6 heteroatoms. The van der Waals surface area contributed by atoms with Gasteiger partial charge in [-0.15, -0.1) is 0 Å². The Hall–Kier alpha value is -2.89. The number of para-hydroxylation sites is 1. The highest BCUT2D eigenvalue weighted by Gasteiger charge is 2.35. The maximum atomic E-state index is 12.3. The standard InChI is InChI=1S/C19H19N3O3/c23-19-9-4-10-21(19)18-12-17(20-16-8-2-1-7-15(16)18)13-5-3-6-14(11-13)22(24)25/h1-3,5-8,11,17-18,20H,4,9-10,12H2/t17-,18-/m0/s1. The lowest BCUT2D eigenvalue weighted by Gasteiger charge is -2.38. The van der Waals surface area contributed by atoms with E-state index in [0.29, 0.717) is 12.8 Å². The highest BCUT2D eigenvalue weighted by molar-refractivity contribution is 5.79. The Balaban J connectivity index is 1.71. The molecule has 2 aromatic rings. The molecule has 128 valence electrons. The average molecular weight is 337 g/mol. The van der Waals surface area contributed by atoms with Crippen molar-refractivity contribution in [3.8, 4) is 0 Å². The van der Waals surface area contributed by atoms with Crippen LogP contribution in [0, 0.1) is 10.1 Å². The van der Waals surface area contributed by atoms with Crippen molar-refractivity contribution >= 4 is 17.3 Å². The molecule has 0 radical (unpaired) electrons. The van der Waals surface area contributed by atoms with Crippen molar-refractivity contribution in [1.82, 2.24) is 4.90 Å². The van der Waals surface area contributed by atoms with Crippen LogP contribution in [0.2, 0.25) is 0 Å². The van der Waals surface area contributed by atoms with Gasteiger partial charge < -0.3 is 10.2 Å². The van der Waals surface area contributed by atoms with Gasteiger partial charge in [0.15, 0.2) is 0 Å². The van der Waals surface area contributed by atoms with Crippen LogP contribution in [0.15, 0.2) is 48.5 Å². The number of hydrogen-bond donors (Lipinski definition) is 1. The van der Waals surface area contributed by atoms with Crippen molar-refractivity contribution in [3.63, 3.8) is 0 Å². The largest absolute Gasteiger partial charge is 0.378 e. The summed E-state index contributed by atoms with van der Waals surface area (Å²) >= 11 is 0. The SMILES string of the molecule is O=C1CCCN1[C@H]1C[C@@H](c2cccc([N+](=O)[O-])c2)Nc2ccccc21. The van der Waals surface area contributed by atoms with Gasteiger partial charge in [0.2, 0.25) is 5.91 Å². The number of fused-ring (bicyclic) bond motifs is 1. The molecule has 0 aliphatic carbocycles. The van der Waals surface area contributed by atoms with E-state index in [1.807, 2.05) is 29.2 Å². The van der Waals surface area contributed by atoms with Gasteiger partial charge in [-0.2, -0.15) is 0 Å². The van der Waals surface area contributed by atoms with Crippen molar-refractivity contribution in [2.75, 3.05) is 11.9 Å². The highest BCUT2D eigenvalue weighted by Crippen LogP contribution is 2.43. The van der Waals surface area contributed by atoms with Gasteiger partial charge in [0.25, 0.3) is 5.69 Å². The summed E-state index contributed by atoms with van der Waals surface area (Å²) in [5.74, 6) is 0.194. The first-order valence-corrected chi connectivity index (χ1v) is 8.53. The molecule has 0 bridgehead atoms. The summed E-state index contributed by atoms with van der Waals surface area (Å²) in [6.45, 7) is 0.777. The molecule has 1 saturated heterocycles. The minimum atomic E-state index is -0.373. The Morgan fingerprint density at radius 2 is 2.00 bits per heavy atom. The van der Waals surface area contributed by atoms with Crippen LogP contribution in [-0.2, 0) is 4.79 Å². The fraction of sp³-hybridized carbons (Fsp3) is 0.316. The number of nitro groups is 1. The summed E-state index contributed by atoms with van der Waals surface area (Å²) in [5, 5.41) is 14.6. The molecule has 6 nitrogen and oxygen atoms in total. The van der Waals surface area contributed by atoms with E-state index in [9.17, 15) is 14.9 Å². The Labute approximate surface area is 145 Å². The number of likely N-dealkylation sites (tertiary alicyclic amines) is 1. The third-order valence-corrected chi connectivity index (χ3v) is 5.08. The van der Waals surface area contributed by atoms with Crippen LogP contribution in [0.1, 0.15) is 42.5 Å². The number of anilines is 1. The van der Waals surface area contributed by atoms with E-state index in [2.05, 4.69) is 11.4 Å². The Morgan fingerprint density at radius 3 is 2.76 bits per heavy atom. The molecule has 2 aliphatic heterocycles.